The van der Waals surface area contributed by atoms with Gasteiger partial charge in [-0.05, 0) is 45.1 Å². The van der Waals surface area contributed by atoms with Crippen molar-refractivity contribution in [3.8, 4) is 0 Å². The monoisotopic (exact) mass is 400 g/mol. The minimum absolute atomic E-state index is 0.288. The number of rotatable bonds is 10. The fourth-order valence-electron chi connectivity index (χ4n) is 4.06. The summed E-state index contributed by atoms with van der Waals surface area (Å²) in [6.07, 6.45) is 7.51. The molecule has 0 N–H and O–H groups in total. The van der Waals surface area contributed by atoms with Crippen LogP contribution in [0.4, 0.5) is 0 Å². The topological polar surface area (TPSA) is 18.5 Å². The van der Waals surface area contributed by atoms with Gasteiger partial charge >= 0.3 is 7.12 Å². The Balaban J connectivity index is 2.14. The van der Waals surface area contributed by atoms with E-state index in [1.54, 1.807) is 0 Å². The number of hydrogen-bond acceptors (Lipinski definition) is 2. The molecule has 1 aliphatic heterocycles. The van der Waals surface area contributed by atoms with Crippen molar-refractivity contribution in [2.75, 3.05) is 0 Å². The first-order valence-electron chi connectivity index (χ1n) is 11.1. The summed E-state index contributed by atoms with van der Waals surface area (Å²) in [5.41, 5.74) is 1.15. The second-order valence-electron chi connectivity index (χ2n) is 10.1. The average molecular weight is 400 g/mol. The zero-order valence-corrected chi connectivity index (χ0v) is 20.3. The van der Waals surface area contributed by atoms with E-state index < -0.39 is 8.07 Å². The third-order valence-electron chi connectivity index (χ3n) is 7.04. The van der Waals surface area contributed by atoms with Crippen molar-refractivity contribution in [1.29, 1.82) is 0 Å². The molecule has 1 aliphatic rings. The lowest BCUT2D eigenvalue weighted by Gasteiger charge is -2.34. The largest absolute Gasteiger partial charge is 0.489 e. The van der Waals surface area contributed by atoms with E-state index in [9.17, 15) is 0 Å². The maximum Gasteiger partial charge on any atom is 0.489 e. The number of hydrogen-bond donors (Lipinski definition) is 0. The SMILES string of the molecule is C=C(C[C@H](CCCCCC)[Si](C)(C)c1ccccc1)B1OC(C)(C)C(C)(C)O1. The Hall–Kier alpha value is -0.838. The molecule has 2 nitrogen and oxygen atoms in total. The molecule has 1 fully saturated rings. The zero-order chi connectivity index (χ0) is 21.0. The first-order valence-corrected chi connectivity index (χ1v) is 14.2. The molecule has 0 saturated carbocycles. The highest BCUT2D eigenvalue weighted by atomic mass is 28.3. The Bertz CT molecular complexity index is 623. The fourth-order valence-corrected chi connectivity index (χ4v) is 7.28. The quantitative estimate of drug-likeness (QED) is 0.329. The predicted octanol–water partition coefficient (Wildman–Crippen LogP) is 6.52. The molecule has 0 amide bonds. The standard InChI is InChI=1S/C24H41BO2Si/c1-9-10-11-13-18-22(28(7,8)21-16-14-12-15-17-21)19-20(2)25-26-23(3,4)24(5,6)27-25/h12,14-17,22H,2,9-11,13,18-19H2,1,3-8H3/t22-/m0/s1. The van der Waals surface area contributed by atoms with E-state index >= 15 is 0 Å². The lowest BCUT2D eigenvalue weighted by atomic mass is 9.76. The molecule has 0 aromatic heterocycles. The lowest BCUT2D eigenvalue weighted by Crippen LogP contribution is -2.46. The van der Waals surface area contributed by atoms with Crippen LogP contribution in [-0.4, -0.2) is 26.4 Å². The number of allylic oxidation sites excluding steroid dienone is 1. The third-order valence-corrected chi connectivity index (χ3v) is 11.4. The molecule has 1 saturated heterocycles. The molecule has 1 aromatic rings. The highest BCUT2D eigenvalue weighted by molar-refractivity contribution is 6.91. The summed E-state index contributed by atoms with van der Waals surface area (Å²) in [5.74, 6) is 0. The van der Waals surface area contributed by atoms with Crippen molar-refractivity contribution in [2.45, 2.75) is 103 Å². The second-order valence-corrected chi connectivity index (χ2v) is 14.9. The van der Waals surface area contributed by atoms with Crippen LogP contribution in [0.1, 0.15) is 73.1 Å². The minimum atomic E-state index is -1.63. The number of unbranched alkanes of at least 4 members (excludes halogenated alkanes) is 3. The van der Waals surface area contributed by atoms with Crippen LogP contribution in [0.2, 0.25) is 18.6 Å². The molecule has 0 aliphatic carbocycles. The van der Waals surface area contributed by atoms with Gasteiger partial charge in [-0.3, -0.25) is 0 Å². The molecule has 0 unspecified atom stereocenters. The fraction of sp³-hybridized carbons (Fsp3) is 0.667. The Morgan fingerprint density at radius 2 is 1.57 bits per heavy atom. The predicted molar refractivity (Wildman–Crippen MR) is 126 cm³/mol. The van der Waals surface area contributed by atoms with E-state index in [2.05, 4.69) is 84.6 Å². The van der Waals surface area contributed by atoms with Crippen molar-refractivity contribution in [1.82, 2.24) is 0 Å². The third kappa shape index (κ3) is 5.40. The Morgan fingerprint density at radius 3 is 2.11 bits per heavy atom. The van der Waals surface area contributed by atoms with Gasteiger partial charge in [0.15, 0.2) is 0 Å². The van der Waals surface area contributed by atoms with Gasteiger partial charge in [0.2, 0.25) is 0 Å². The highest BCUT2D eigenvalue weighted by Gasteiger charge is 2.52. The molecular weight excluding hydrogens is 359 g/mol. The molecule has 0 bridgehead atoms. The Kier molecular flexibility index (Phi) is 7.80. The molecule has 0 radical (unpaired) electrons. The minimum Gasteiger partial charge on any atom is -0.400 e. The molecule has 0 spiro atoms. The van der Waals surface area contributed by atoms with E-state index in [0.717, 1.165) is 11.9 Å². The van der Waals surface area contributed by atoms with Gasteiger partial charge in [-0.25, -0.2) is 0 Å². The van der Waals surface area contributed by atoms with E-state index in [-0.39, 0.29) is 18.3 Å². The summed E-state index contributed by atoms with van der Waals surface area (Å²) >= 11 is 0. The van der Waals surface area contributed by atoms with Crippen LogP contribution >= 0.6 is 0 Å². The summed E-state index contributed by atoms with van der Waals surface area (Å²) in [6.45, 7) is 20.2. The van der Waals surface area contributed by atoms with Crippen LogP contribution in [0.15, 0.2) is 42.4 Å². The van der Waals surface area contributed by atoms with Crippen LogP contribution in [0, 0.1) is 0 Å². The Morgan fingerprint density at radius 1 is 1.00 bits per heavy atom. The van der Waals surface area contributed by atoms with Gasteiger partial charge < -0.3 is 9.31 Å². The molecule has 4 heteroatoms. The van der Waals surface area contributed by atoms with Gasteiger partial charge in [-0.2, -0.15) is 0 Å². The normalized spacial score (nSPS) is 19.6. The van der Waals surface area contributed by atoms with Crippen molar-refractivity contribution in [3.63, 3.8) is 0 Å². The van der Waals surface area contributed by atoms with E-state index in [1.807, 2.05) is 0 Å². The summed E-state index contributed by atoms with van der Waals surface area (Å²) in [4.78, 5) is 0. The summed E-state index contributed by atoms with van der Waals surface area (Å²) < 4.78 is 12.6. The van der Waals surface area contributed by atoms with Crippen LogP contribution in [0.25, 0.3) is 0 Å². The average Bonchev–Trinajstić information content (AvgIpc) is 2.86. The van der Waals surface area contributed by atoms with Crippen LogP contribution < -0.4 is 5.19 Å². The van der Waals surface area contributed by atoms with Gasteiger partial charge in [0.25, 0.3) is 0 Å². The van der Waals surface area contributed by atoms with Crippen molar-refractivity contribution >= 4 is 20.4 Å². The smallest absolute Gasteiger partial charge is 0.400 e. The second kappa shape index (κ2) is 9.32. The molecule has 2 rings (SSSR count). The van der Waals surface area contributed by atoms with Crippen LogP contribution in [0.3, 0.4) is 0 Å². The van der Waals surface area contributed by atoms with Gasteiger partial charge in [0.05, 0.1) is 19.3 Å². The lowest BCUT2D eigenvalue weighted by molar-refractivity contribution is 0.00578. The van der Waals surface area contributed by atoms with Crippen molar-refractivity contribution in [3.05, 3.63) is 42.4 Å². The molecule has 1 heterocycles. The maximum absolute atomic E-state index is 6.28. The van der Waals surface area contributed by atoms with Gasteiger partial charge in [0, 0.05) is 0 Å². The van der Waals surface area contributed by atoms with Crippen molar-refractivity contribution in [2.24, 2.45) is 0 Å². The van der Waals surface area contributed by atoms with E-state index in [4.69, 9.17) is 9.31 Å². The molecule has 1 aromatic carbocycles. The molecule has 28 heavy (non-hydrogen) atoms. The first-order chi connectivity index (χ1) is 13.0. The highest BCUT2D eigenvalue weighted by Crippen LogP contribution is 2.41. The maximum atomic E-state index is 6.28. The molecular formula is C24H41BO2Si. The van der Waals surface area contributed by atoms with Crippen LogP contribution in [0.5, 0.6) is 0 Å². The molecule has 156 valence electrons. The van der Waals surface area contributed by atoms with Gasteiger partial charge in [-0.1, -0.05) is 87.6 Å². The van der Waals surface area contributed by atoms with Crippen molar-refractivity contribution < 1.29 is 9.31 Å². The van der Waals surface area contributed by atoms with E-state index in [0.29, 0.717) is 5.54 Å². The number of benzene rings is 1. The van der Waals surface area contributed by atoms with Gasteiger partial charge in [-0.15, -0.1) is 6.58 Å². The summed E-state index contributed by atoms with van der Waals surface area (Å²) in [7, 11) is -1.91. The Labute approximate surface area is 175 Å². The van der Waals surface area contributed by atoms with Crippen LogP contribution in [-0.2, 0) is 9.31 Å². The zero-order valence-electron chi connectivity index (χ0n) is 19.3. The van der Waals surface area contributed by atoms with Gasteiger partial charge in [0.1, 0.15) is 0 Å². The summed E-state index contributed by atoms with van der Waals surface area (Å²) in [6, 6.07) is 11.1. The molecule has 1 atom stereocenters. The summed E-state index contributed by atoms with van der Waals surface area (Å²) in [5, 5.41) is 1.54. The van der Waals surface area contributed by atoms with E-state index in [1.165, 1.54) is 37.3 Å². The first kappa shape index (κ1) is 23.4.